The molecule has 35 heavy (non-hydrogen) atoms. The molecule has 1 N–H and O–H groups in total. The molecule has 0 atom stereocenters. The Hall–Kier alpha value is -2.87. The maximum atomic E-state index is 12.2. The number of hydrogen-bond donors (Lipinski definition) is 1. The molecule has 0 saturated carbocycles. The van der Waals surface area contributed by atoms with Gasteiger partial charge in [0.25, 0.3) is 0 Å². The predicted octanol–water partition coefficient (Wildman–Crippen LogP) is 9.03. The minimum atomic E-state index is -0.837. The standard InChI is InChI=1S/C33H42O2/c1-2-3-4-5-6-7-8-9-10-17-22-29-23-24-30(33(34)35)32(26-28-20-15-12-16-21-28)31(29)25-27-18-13-11-14-19-27/h11-16,18-21,23-24H,2-10,17,22,25-26H2,1H3,(H,34,35). The number of unbranched alkanes of at least 4 members (excludes halogenated alkanes) is 9. The molecule has 2 nitrogen and oxygen atoms in total. The van der Waals surface area contributed by atoms with E-state index in [1.54, 1.807) is 0 Å². The predicted molar refractivity (Wildman–Crippen MR) is 147 cm³/mol. The third-order valence-electron chi connectivity index (χ3n) is 7.01. The second-order valence-corrected chi connectivity index (χ2v) is 9.79. The van der Waals surface area contributed by atoms with Crippen molar-refractivity contribution in [3.05, 3.63) is 106 Å². The minimum absolute atomic E-state index is 0.437. The molecule has 0 aliphatic rings. The average molecular weight is 471 g/mol. The number of rotatable bonds is 16. The quantitative estimate of drug-likeness (QED) is 0.212. The summed E-state index contributed by atoms with van der Waals surface area (Å²) in [5.41, 5.74) is 6.30. The molecule has 2 heteroatoms. The smallest absolute Gasteiger partial charge is 0.335 e. The van der Waals surface area contributed by atoms with Crippen LogP contribution in [0.1, 0.15) is 109 Å². The number of carbonyl (C=O) groups is 1. The number of benzene rings is 3. The number of carboxylic acids is 1. The van der Waals surface area contributed by atoms with Crippen LogP contribution in [0, 0.1) is 0 Å². The van der Waals surface area contributed by atoms with Crippen LogP contribution < -0.4 is 0 Å². The Bertz CT molecular complexity index is 1010. The van der Waals surface area contributed by atoms with Crippen molar-refractivity contribution in [2.45, 2.75) is 90.4 Å². The van der Waals surface area contributed by atoms with Gasteiger partial charge in [-0.2, -0.15) is 0 Å². The number of aromatic carboxylic acids is 1. The minimum Gasteiger partial charge on any atom is -0.478 e. The maximum Gasteiger partial charge on any atom is 0.335 e. The summed E-state index contributed by atoms with van der Waals surface area (Å²) in [4.78, 5) is 12.2. The van der Waals surface area contributed by atoms with E-state index >= 15 is 0 Å². The second kappa shape index (κ2) is 15.2. The van der Waals surface area contributed by atoms with Gasteiger partial charge in [-0.15, -0.1) is 0 Å². The molecule has 3 rings (SSSR count). The van der Waals surface area contributed by atoms with Crippen LogP contribution in [-0.2, 0) is 19.3 Å². The normalized spacial score (nSPS) is 11.0. The van der Waals surface area contributed by atoms with Gasteiger partial charge in [0, 0.05) is 0 Å². The SMILES string of the molecule is CCCCCCCCCCCCc1ccc(C(=O)O)c(Cc2ccccc2)c1Cc1ccccc1. The fourth-order valence-corrected chi connectivity index (χ4v) is 5.00. The molecule has 0 fully saturated rings. The zero-order valence-electron chi connectivity index (χ0n) is 21.5. The molecular weight excluding hydrogens is 428 g/mol. The monoisotopic (exact) mass is 470 g/mol. The molecule has 0 aromatic heterocycles. The van der Waals surface area contributed by atoms with Crippen LogP contribution in [0.5, 0.6) is 0 Å². The van der Waals surface area contributed by atoms with E-state index in [0.29, 0.717) is 12.0 Å². The van der Waals surface area contributed by atoms with Gasteiger partial charge in [0.05, 0.1) is 5.56 Å². The Morgan fingerprint density at radius 2 is 1.09 bits per heavy atom. The summed E-state index contributed by atoms with van der Waals surface area (Å²) in [6, 6.07) is 24.6. The van der Waals surface area contributed by atoms with Crippen molar-refractivity contribution in [2.24, 2.45) is 0 Å². The van der Waals surface area contributed by atoms with Crippen LogP contribution in [0.25, 0.3) is 0 Å². The van der Waals surface area contributed by atoms with E-state index in [1.165, 1.54) is 74.5 Å². The van der Waals surface area contributed by atoms with Crippen LogP contribution >= 0.6 is 0 Å². The highest BCUT2D eigenvalue weighted by Crippen LogP contribution is 2.27. The fraction of sp³-hybridized carbons (Fsp3) is 0.424. The largest absolute Gasteiger partial charge is 0.478 e. The molecule has 0 saturated heterocycles. The molecule has 3 aromatic carbocycles. The summed E-state index contributed by atoms with van der Waals surface area (Å²) in [5.74, 6) is -0.837. The van der Waals surface area contributed by atoms with Gasteiger partial charge in [-0.05, 0) is 59.6 Å². The van der Waals surface area contributed by atoms with E-state index in [1.807, 2.05) is 30.3 Å². The van der Waals surface area contributed by atoms with Gasteiger partial charge in [0.1, 0.15) is 0 Å². The molecule has 0 amide bonds. The molecule has 0 unspecified atom stereocenters. The van der Waals surface area contributed by atoms with Crippen molar-refractivity contribution in [3.8, 4) is 0 Å². The fourth-order valence-electron chi connectivity index (χ4n) is 5.00. The first-order valence-corrected chi connectivity index (χ1v) is 13.6. The van der Waals surface area contributed by atoms with E-state index in [2.05, 4.69) is 49.4 Å². The lowest BCUT2D eigenvalue weighted by Crippen LogP contribution is -2.10. The first-order valence-electron chi connectivity index (χ1n) is 13.6. The summed E-state index contributed by atoms with van der Waals surface area (Å²) < 4.78 is 0. The van der Waals surface area contributed by atoms with Crippen molar-refractivity contribution < 1.29 is 9.90 Å². The van der Waals surface area contributed by atoms with Crippen molar-refractivity contribution in [3.63, 3.8) is 0 Å². The van der Waals surface area contributed by atoms with Gasteiger partial charge in [-0.1, -0.05) is 131 Å². The lowest BCUT2D eigenvalue weighted by Gasteiger charge is -2.18. The molecule has 0 spiro atoms. The average Bonchev–Trinajstić information content (AvgIpc) is 2.88. The van der Waals surface area contributed by atoms with Gasteiger partial charge in [-0.25, -0.2) is 4.79 Å². The van der Waals surface area contributed by atoms with E-state index in [9.17, 15) is 9.90 Å². The molecule has 0 radical (unpaired) electrons. The molecule has 3 aromatic rings. The van der Waals surface area contributed by atoms with Gasteiger partial charge >= 0.3 is 5.97 Å². The van der Waals surface area contributed by atoms with Gasteiger partial charge in [-0.3, -0.25) is 0 Å². The van der Waals surface area contributed by atoms with E-state index in [0.717, 1.165) is 30.4 Å². The third kappa shape index (κ3) is 9.02. The van der Waals surface area contributed by atoms with Crippen molar-refractivity contribution in [1.82, 2.24) is 0 Å². The van der Waals surface area contributed by atoms with Crippen molar-refractivity contribution in [1.29, 1.82) is 0 Å². The second-order valence-electron chi connectivity index (χ2n) is 9.79. The molecular formula is C33H42O2. The lowest BCUT2D eigenvalue weighted by atomic mass is 9.86. The summed E-state index contributed by atoms with van der Waals surface area (Å²) >= 11 is 0. The first kappa shape index (κ1) is 26.7. The highest BCUT2D eigenvalue weighted by atomic mass is 16.4. The van der Waals surface area contributed by atoms with E-state index in [-0.39, 0.29) is 0 Å². The highest BCUT2D eigenvalue weighted by Gasteiger charge is 2.18. The van der Waals surface area contributed by atoms with Crippen LogP contribution in [0.3, 0.4) is 0 Å². The Kier molecular flexibility index (Phi) is 11.6. The summed E-state index contributed by atoms with van der Waals surface area (Å²) in [6.45, 7) is 2.27. The zero-order chi connectivity index (χ0) is 24.7. The Labute approximate surface area is 212 Å². The first-order chi connectivity index (χ1) is 17.2. The number of carboxylic acid groups (broad SMARTS) is 1. The van der Waals surface area contributed by atoms with Crippen LogP contribution in [0.2, 0.25) is 0 Å². The maximum absolute atomic E-state index is 12.2. The molecule has 0 heterocycles. The third-order valence-corrected chi connectivity index (χ3v) is 7.01. The number of hydrogen-bond acceptors (Lipinski definition) is 1. The Morgan fingerprint density at radius 3 is 1.60 bits per heavy atom. The lowest BCUT2D eigenvalue weighted by molar-refractivity contribution is 0.0695. The molecule has 0 aliphatic carbocycles. The molecule has 186 valence electrons. The summed E-state index contributed by atoms with van der Waals surface area (Å²) in [6.07, 6.45) is 15.7. The number of aryl methyl sites for hydroxylation is 1. The van der Waals surface area contributed by atoms with Crippen molar-refractivity contribution >= 4 is 5.97 Å². The molecule has 0 bridgehead atoms. The van der Waals surface area contributed by atoms with Crippen LogP contribution in [0.4, 0.5) is 0 Å². The van der Waals surface area contributed by atoms with E-state index < -0.39 is 5.97 Å². The Morgan fingerprint density at radius 1 is 0.600 bits per heavy atom. The van der Waals surface area contributed by atoms with Crippen LogP contribution in [-0.4, -0.2) is 11.1 Å². The molecule has 0 aliphatic heterocycles. The highest BCUT2D eigenvalue weighted by molar-refractivity contribution is 5.90. The topological polar surface area (TPSA) is 37.3 Å². The van der Waals surface area contributed by atoms with Gasteiger partial charge in [0.15, 0.2) is 0 Å². The van der Waals surface area contributed by atoms with Crippen LogP contribution in [0.15, 0.2) is 72.8 Å². The van der Waals surface area contributed by atoms with E-state index in [4.69, 9.17) is 0 Å². The summed E-state index contributed by atoms with van der Waals surface area (Å²) in [5, 5.41) is 9.99. The van der Waals surface area contributed by atoms with Gasteiger partial charge < -0.3 is 5.11 Å². The van der Waals surface area contributed by atoms with Crippen molar-refractivity contribution in [2.75, 3.05) is 0 Å². The summed E-state index contributed by atoms with van der Waals surface area (Å²) in [7, 11) is 0. The Balaban J connectivity index is 1.71. The van der Waals surface area contributed by atoms with Gasteiger partial charge in [0.2, 0.25) is 0 Å². The zero-order valence-corrected chi connectivity index (χ0v) is 21.5.